The van der Waals surface area contributed by atoms with Crippen molar-refractivity contribution in [2.75, 3.05) is 0 Å². The Labute approximate surface area is 130 Å². The van der Waals surface area contributed by atoms with Gasteiger partial charge in [0, 0.05) is 12.1 Å². The highest BCUT2D eigenvalue weighted by Crippen LogP contribution is 2.04. The smallest absolute Gasteiger partial charge is 0.195 e. The summed E-state index contributed by atoms with van der Waals surface area (Å²) in [4.78, 5) is 0. The van der Waals surface area contributed by atoms with Crippen molar-refractivity contribution in [3.8, 4) is 11.4 Å². The highest BCUT2D eigenvalue weighted by Gasteiger charge is 2.24. The summed E-state index contributed by atoms with van der Waals surface area (Å²) in [6.45, 7) is 0. The van der Waals surface area contributed by atoms with Gasteiger partial charge in [-0.05, 0) is 36.1 Å². The van der Waals surface area contributed by atoms with Crippen molar-refractivity contribution in [2.24, 2.45) is 14.1 Å². The summed E-state index contributed by atoms with van der Waals surface area (Å²) in [5.41, 5.74) is 2.67. The molecule has 0 N–H and O–H groups in total. The zero-order valence-electron chi connectivity index (χ0n) is 13.3. The van der Waals surface area contributed by atoms with E-state index in [-0.39, 0.29) is 0 Å². The molecule has 0 aliphatic heterocycles. The second kappa shape index (κ2) is 5.20. The molecule has 0 radical (unpaired) electrons. The number of aromatic nitrogens is 2. The molecule has 2 aliphatic rings. The Morgan fingerprint density at radius 1 is 0.636 bits per heavy atom. The Bertz CT molecular complexity index is 914. The standard InChI is InChI=1S/C20H22N2/c1-21-13-11-15-7-3-5-9-17(15)19(21)20-18-10-6-4-8-16(18)12-14-22(20)2/h7-14H,3-6H2,1-2H3/q+2. The van der Waals surface area contributed by atoms with Crippen LogP contribution in [0.25, 0.3) is 35.7 Å². The van der Waals surface area contributed by atoms with E-state index in [1.165, 1.54) is 32.3 Å². The number of aryl methyl sites for hydroxylation is 2. The van der Waals surface area contributed by atoms with Crippen LogP contribution in [0.5, 0.6) is 0 Å². The van der Waals surface area contributed by atoms with E-state index in [0.717, 1.165) is 25.7 Å². The van der Waals surface area contributed by atoms with Crippen LogP contribution in [0.1, 0.15) is 25.7 Å². The molecule has 22 heavy (non-hydrogen) atoms. The van der Waals surface area contributed by atoms with Crippen LogP contribution in [-0.4, -0.2) is 0 Å². The Morgan fingerprint density at radius 3 is 1.50 bits per heavy atom. The molecular weight excluding hydrogens is 268 g/mol. The molecule has 2 aliphatic carbocycles. The zero-order valence-corrected chi connectivity index (χ0v) is 13.3. The minimum absolute atomic E-state index is 1.14. The van der Waals surface area contributed by atoms with Crippen LogP contribution in [0.15, 0.2) is 24.5 Å². The van der Waals surface area contributed by atoms with Crippen LogP contribution >= 0.6 is 0 Å². The molecule has 0 spiro atoms. The zero-order chi connectivity index (χ0) is 15.1. The van der Waals surface area contributed by atoms with Gasteiger partial charge in [-0.15, -0.1) is 0 Å². The fourth-order valence-corrected chi connectivity index (χ4v) is 3.67. The minimum atomic E-state index is 1.14. The van der Waals surface area contributed by atoms with Crippen molar-refractivity contribution in [3.05, 3.63) is 45.4 Å². The summed E-state index contributed by atoms with van der Waals surface area (Å²) in [6.07, 6.45) is 18.5. The lowest BCUT2D eigenvalue weighted by Gasteiger charge is -2.07. The van der Waals surface area contributed by atoms with Crippen LogP contribution < -0.4 is 30.0 Å². The Morgan fingerprint density at radius 2 is 1.05 bits per heavy atom. The first-order valence-electron chi connectivity index (χ1n) is 8.14. The molecule has 0 bridgehead atoms. The topological polar surface area (TPSA) is 7.76 Å². The maximum absolute atomic E-state index is 2.40. The number of hydrogen-bond acceptors (Lipinski definition) is 0. The number of nitrogens with zero attached hydrogens (tertiary/aromatic N) is 2. The minimum Gasteiger partial charge on any atom is -0.195 e. The number of hydrogen-bond donors (Lipinski definition) is 0. The molecule has 0 aromatic carbocycles. The molecule has 2 heterocycles. The van der Waals surface area contributed by atoms with Crippen LogP contribution in [0.2, 0.25) is 0 Å². The number of rotatable bonds is 1. The van der Waals surface area contributed by atoms with Gasteiger partial charge in [-0.3, -0.25) is 0 Å². The van der Waals surface area contributed by atoms with Crippen LogP contribution in [0, 0.1) is 0 Å². The van der Waals surface area contributed by atoms with Crippen LogP contribution in [0.4, 0.5) is 0 Å². The van der Waals surface area contributed by atoms with Crippen LogP contribution in [0.3, 0.4) is 0 Å². The van der Waals surface area contributed by atoms with Crippen molar-refractivity contribution in [1.82, 2.24) is 0 Å². The first kappa shape index (κ1) is 13.4. The molecule has 2 aromatic rings. The molecule has 2 heteroatoms. The lowest BCUT2D eigenvalue weighted by Crippen LogP contribution is -2.52. The second-order valence-electron chi connectivity index (χ2n) is 6.26. The van der Waals surface area contributed by atoms with Crippen molar-refractivity contribution < 1.29 is 9.13 Å². The molecule has 0 amide bonds. The van der Waals surface area contributed by atoms with E-state index in [1.54, 1.807) is 0 Å². The molecule has 110 valence electrons. The van der Waals surface area contributed by atoms with Gasteiger partial charge in [0.05, 0.1) is 10.4 Å². The molecular formula is C20H22N2+2. The van der Waals surface area contributed by atoms with Gasteiger partial charge in [-0.2, -0.15) is 9.13 Å². The summed E-state index contributed by atoms with van der Waals surface area (Å²) in [5, 5.41) is 5.52. The van der Waals surface area contributed by atoms with E-state index in [0.29, 0.717) is 0 Å². The second-order valence-corrected chi connectivity index (χ2v) is 6.26. The molecule has 0 unspecified atom stereocenters. The summed E-state index contributed by atoms with van der Waals surface area (Å²) in [7, 11) is 4.31. The fourth-order valence-electron chi connectivity index (χ4n) is 3.67. The Balaban J connectivity index is 2.21. The first-order chi connectivity index (χ1) is 10.8. The average Bonchev–Trinajstić information content (AvgIpc) is 2.56. The van der Waals surface area contributed by atoms with E-state index >= 15 is 0 Å². The molecule has 0 saturated heterocycles. The third-order valence-electron chi connectivity index (χ3n) is 4.78. The summed E-state index contributed by atoms with van der Waals surface area (Å²) < 4.78 is 4.54. The maximum atomic E-state index is 2.40. The SMILES string of the molecule is C[n+]1ccc2c(c1-c1c3c(cc[n+]1C)=CCCC=3)=CCCC=2. The first-order valence-corrected chi connectivity index (χ1v) is 8.14. The molecule has 4 rings (SSSR count). The van der Waals surface area contributed by atoms with Gasteiger partial charge < -0.3 is 0 Å². The van der Waals surface area contributed by atoms with Crippen molar-refractivity contribution >= 4 is 24.3 Å². The van der Waals surface area contributed by atoms with Gasteiger partial charge in [0.15, 0.2) is 12.4 Å². The quantitative estimate of drug-likeness (QED) is 0.638. The van der Waals surface area contributed by atoms with E-state index in [2.05, 4.69) is 72.1 Å². The fraction of sp³-hybridized carbons (Fsp3) is 0.300. The Kier molecular flexibility index (Phi) is 3.18. The van der Waals surface area contributed by atoms with Gasteiger partial charge in [0.25, 0.3) is 11.4 Å². The van der Waals surface area contributed by atoms with Gasteiger partial charge in [0.2, 0.25) is 0 Å². The molecule has 0 fully saturated rings. The van der Waals surface area contributed by atoms with Gasteiger partial charge >= 0.3 is 0 Å². The lowest BCUT2D eigenvalue weighted by atomic mass is 10.0. The van der Waals surface area contributed by atoms with Crippen molar-refractivity contribution in [3.63, 3.8) is 0 Å². The molecule has 2 aromatic heterocycles. The molecule has 0 atom stereocenters. The van der Waals surface area contributed by atoms with Gasteiger partial charge in [-0.1, -0.05) is 24.3 Å². The third kappa shape index (κ3) is 2.02. The third-order valence-corrected chi connectivity index (χ3v) is 4.78. The molecule has 2 nitrogen and oxygen atoms in total. The number of pyridine rings is 2. The van der Waals surface area contributed by atoms with Crippen molar-refractivity contribution in [1.29, 1.82) is 0 Å². The average molecular weight is 290 g/mol. The van der Waals surface area contributed by atoms with E-state index in [1.807, 2.05) is 0 Å². The predicted molar refractivity (Wildman–Crippen MR) is 89.1 cm³/mol. The van der Waals surface area contributed by atoms with Gasteiger partial charge in [0.1, 0.15) is 14.1 Å². The van der Waals surface area contributed by atoms with Crippen molar-refractivity contribution in [2.45, 2.75) is 25.7 Å². The maximum Gasteiger partial charge on any atom is 0.285 e. The highest BCUT2D eigenvalue weighted by molar-refractivity contribution is 5.57. The van der Waals surface area contributed by atoms with Crippen LogP contribution in [-0.2, 0) is 14.1 Å². The Hall–Kier alpha value is -2.22. The van der Waals surface area contributed by atoms with E-state index in [4.69, 9.17) is 0 Å². The largest absolute Gasteiger partial charge is 0.285 e. The lowest BCUT2D eigenvalue weighted by molar-refractivity contribution is -0.691. The highest BCUT2D eigenvalue weighted by atomic mass is 15.0. The van der Waals surface area contributed by atoms with E-state index in [9.17, 15) is 0 Å². The normalized spacial score (nSPS) is 15.5. The van der Waals surface area contributed by atoms with Gasteiger partial charge in [-0.25, -0.2) is 0 Å². The monoisotopic (exact) mass is 290 g/mol. The predicted octanol–water partition coefficient (Wildman–Crippen LogP) is -0.288. The van der Waals surface area contributed by atoms with E-state index < -0.39 is 0 Å². The molecule has 0 saturated carbocycles. The summed E-state index contributed by atoms with van der Waals surface area (Å²) in [5.74, 6) is 0. The summed E-state index contributed by atoms with van der Waals surface area (Å²) in [6, 6.07) is 4.47. The summed E-state index contributed by atoms with van der Waals surface area (Å²) >= 11 is 0. The number of fused-ring (bicyclic) bond motifs is 2.